The lowest BCUT2D eigenvalue weighted by molar-refractivity contribution is 0.0680. The molecular weight excluding hydrogens is 206 g/mol. The van der Waals surface area contributed by atoms with Crippen molar-refractivity contribution in [1.29, 1.82) is 5.41 Å². The van der Waals surface area contributed by atoms with Gasteiger partial charge in [-0.05, 0) is 12.1 Å². The van der Waals surface area contributed by atoms with Gasteiger partial charge in [0.25, 0.3) is 0 Å². The van der Waals surface area contributed by atoms with Crippen LogP contribution in [0.2, 0.25) is 0 Å². The van der Waals surface area contributed by atoms with Gasteiger partial charge >= 0.3 is 0 Å². The number of hydrogen-bond donors (Lipinski definition) is 1. The second-order valence-electron chi connectivity index (χ2n) is 3.54. The molecule has 0 bridgehead atoms. The number of aldehydes is 1. The highest BCUT2D eigenvalue weighted by molar-refractivity contribution is 5.96. The normalized spacial score (nSPS) is 15.9. The quantitative estimate of drug-likeness (QED) is 0.448. The Bertz CT molecular complexity index is 383. The average molecular weight is 219 g/mol. The summed E-state index contributed by atoms with van der Waals surface area (Å²) >= 11 is 0. The minimum atomic E-state index is 0.388. The lowest BCUT2D eigenvalue weighted by Crippen LogP contribution is -2.40. The molecule has 1 fully saturated rings. The number of nitrogens with zero attached hydrogens (tertiary/aromatic N) is 2. The predicted octanol–water partition coefficient (Wildman–Crippen LogP) is 0.552. The standard InChI is InChI=1S/C11H13N3O2/c12-11(14-3-5-16-6-4-14)9-1-2-10(8-15)13-7-9/h1-2,7-8,12H,3-6H2. The lowest BCUT2D eigenvalue weighted by Gasteiger charge is -2.28. The summed E-state index contributed by atoms with van der Waals surface area (Å²) in [4.78, 5) is 16.3. The first-order valence-corrected chi connectivity index (χ1v) is 5.14. The van der Waals surface area contributed by atoms with E-state index in [9.17, 15) is 4.79 Å². The Kier molecular flexibility index (Phi) is 3.26. The average Bonchev–Trinajstić information content (AvgIpc) is 2.39. The number of pyridine rings is 1. The van der Waals surface area contributed by atoms with Crippen LogP contribution in [0, 0.1) is 5.41 Å². The van der Waals surface area contributed by atoms with Crippen LogP contribution in [0.3, 0.4) is 0 Å². The highest BCUT2D eigenvalue weighted by Gasteiger charge is 2.15. The zero-order chi connectivity index (χ0) is 11.4. The van der Waals surface area contributed by atoms with Crippen molar-refractivity contribution in [2.24, 2.45) is 0 Å². The van der Waals surface area contributed by atoms with Crippen molar-refractivity contribution < 1.29 is 9.53 Å². The van der Waals surface area contributed by atoms with Crippen LogP contribution in [0.1, 0.15) is 16.1 Å². The number of amidine groups is 1. The molecule has 1 aliphatic rings. The minimum absolute atomic E-state index is 0.388. The van der Waals surface area contributed by atoms with E-state index in [0.717, 1.165) is 18.7 Å². The van der Waals surface area contributed by atoms with Gasteiger partial charge in [0.1, 0.15) is 11.5 Å². The second kappa shape index (κ2) is 4.85. The van der Waals surface area contributed by atoms with Gasteiger partial charge in [0.05, 0.1) is 13.2 Å². The smallest absolute Gasteiger partial charge is 0.168 e. The maximum absolute atomic E-state index is 10.4. The maximum Gasteiger partial charge on any atom is 0.168 e. The van der Waals surface area contributed by atoms with Gasteiger partial charge in [0.15, 0.2) is 6.29 Å². The van der Waals surface area contributed by atoms with Crippen LogP contribution in [0.5, 0.6) is 0 Å². The summed E-state index contributed by atoms with van der Waals surface area (Å²) in [6.07, 6.45) is 2.25. The highest BCUT2D eigenvalue weighted by Crippen LogP contribution is 2.06. The molecule has 1 N–H and O–H groups in total. The molecule has 2 heterocycles. The topological polar surface area (TPSA) is 66.3 Å². The molecular formula is C11H13N3O2. The van der Waals surface area contributed by atoms with Crippen LogP contribution in [0.15, 0.2) is 18.3 Å². The van der Waals surface area contributed by atoms with Crippen molar-refractivity contribution >= 4 is 12.1 Å². The SMILES string of the molecule is N=C(c1ccc(C=O)nc1)N1CCOCC1. The summed E-state index contributed by atoms with van der Waals surface area (Å²) in [6, 6.07) is 3.37. The number of hydrogen-bond acceptors (Lipinski definition) is 4. The number of nitrogens with one attached hydrogen (secondary N) is 1. The van der Waals surface area contributed by atoms with Gasteiger partial charge in [-0.25, -0.2) is 0 Å². The van der Waals surface area contributed by atoms with Crippen molar-refractivity contribution in [3.8, 4) is 0 Å². The molecule has 5 nitrogen and oxygen atoms in total. The third-order valence-electron chi connectivity index (χ3n) is 2.51. The van der Waals surface area contributed by atoms with E-state index >= 15 is 0 Å². The van der Waals surface area contributed by atoms with Crippen molar-refractivity contribution in [2.75, 3.05) is 26.3 Å². The molecule has 0 atom stereocenters. The number of ether oxygens (including phenoxy) is 1. The van der Waals surface area contributed by atoms with E-state index in [-0.39, 0.29) is 0 Å². The van der Waals surface area contributed by atoms with Gasteiger partial charge in [-0.1, -0.05) is 0 Å². The fraction of sp³-hybridized carbons (Fsp3) is 0.364. The van der Waals surface area contributed by atoms with Gasteiger partial charge in [-0.2, -0.15) is 0 Å². The third kappa shape index (κ3) is 2.25. The van der Waals surface area contributed by atoms with E-state index in [2.05, 4.69) is 4.98 Å². The van der Waals surface area contributed by atoms with Crippen molar-refractivity contribution in [2.45, 2.75) is 0 Å². The van der Waals surface area contributed by atoms with Crippen molar-refractivity contribution in [1.82, 2.24) is 9.88 Å². The van der Waals surface area contributed by atoms with E-state index in [1.54, 1.807) is 18.3 Å². The molecule has 1 aromatic rings. The van der Waals surface area contributed by atoms with Gasteiger partial charge in [0, 0.05) is 24.8 Å². The first kappa shape index (κ1) is 10.8. The number of carbonyl (C=O) groups excluding carboxylic acids is 1. The van der Waals surface area contributed by atoms with Crippen LogP contribution in [-0.4, -0.2) is 48.3 Å². The molecule has 0 amide bonds. The third-order valence-corrected chi connectivity index (χ3v) is 2.51. The highest BCUT2D eigenvalue weighted by atomic mass is 16.5. The molecule has 0 unspecified atom stereocenters. The molecule has 0 saturated carbocycles. The summed E-state index contributed by atoms with van der Waals surface area (Å²) in [5.74, 6) is 0.438. The van der Waals surface area contributed by atoms with E-state index in [4.69, 9.17) is 10.1 Å². The molecule has 2 rings (SSSR count). The summed E-state index contributed by atoms with van der Waals surface area (Å²) < 4.78 is 5.22. The molecule has 0 radical (unpaired) electrons. The zero-order valence-corrected chi connectivity index (χ0v) is 8.85. The van der Waals surface area contributed by atoms with Gasteiger partial charge in [-0.15, -0.1) is 0 Å². The van der Waals surface area contributed by atoms with Crippen molar-refractivity contribution in [3.63, 3.8) is 0 Å². The van der Waals surface area contributed by atoms with Crippen LogP contribution in [-0.2, 0) is 4.74 Å². The van der Waals surface area contributed by atoms with Crippen LogP contribution < -0.4 is 0 Å². The second-order valence-corrected chi connectivity index (χ2v) is 3.54. The fourth-order valence-electron chi connectivity index (χ4n) is 1.58. The number of morpholine rings is 1. The Labute approximate surface area is 93.6 Å². The van der Waals surface area contributed by atoms with E-state index < -0.39 is 0 Å². The first-order chi connectivity index (χ1) is 7.81. The molecule has 16 heavy (non-hydrogen) atoms. The summed E-state index contributed by atoms with van der Waals surface area (Å²) in [6.45, 7) is 2.77. The van der Waals surface area contributed by atoms with Gasteiger partial charge in [0.2, 0.25) is 0 Å². The summed E-state index contributed by atoms with van der Waals surface area (Å²) in [5.41, 5.74) is 1.12. The molecule has 1 saturated heterocycles. The first-order valence-electron chi connectivity index (χ1n) is 5.14. The van der Waals surface area contributed by atoms with Crippen LogP contribution in [0.4, 0.5) is 0 Å². The monoisotopic (exact) mass is 219 g/mol. The van der Waals surface area contributed by atoms with Crippen LogP contribution >= 0.6 is 0 Å². The van der Waals surface area contributed by atoms with E-state index in [1.165, 1.54) is 0 Å². The Hall–Kier alpha value is -1.75. The van der Waals surface area contributed by atoms with Crippen LogP contribution in [0.25, 0.3) is 0 Å². The number of rotatable bonds is 2. The number of aromatic nitrogens is 1. The van der Waals surface area contributed by atoms with Gasteiger partial charge in [-0.3, -0.25) is 15.2 Å². The Balaban J connectivity index is 2.10. The Morgan fingerprint density at radius 2 is 2.19 bits per heavy atom. The van der Waals surface area contributed by atoms with Crippen molar-refractivity contribution in [3.05, 3.63) is 29.6 Å². The maximum atomic E-state index is 10.4. The molecule has 0 aromatic carbocycles. The molecule has 1 aromatic heterocycles. The largest absolute Gasteiger partial charge is 0.378 e. The van der Waals surface area contributed by atoms with E-state index in [0.29, 0.717) is 31.0 Å². The minimum Gasteiger partial charge on any atom is -0.378 e. The molecule has 1 aliphatic heterocycles. The summed E-state index contributed by atoms with van der Waals surface area (Å²) in [5, 5.41) is 7.99. The number of carbonyl (C=O) groups is 1. The molecule has 0 aliphatic carbocycles. The Morgan fingerprint density at radius 1 is 1.44 bits per heavy atom. The zero-order valence-electron chi connectivity index (χ0n) is 8.85. The molecule has 84 valence electrons. The Morgan fingerprint density at radius 3 is 2.75 bits per heavy atom. The molecule has 0 spiro atoms. The van der Waals surface area contributed by atoms with Gasteiger partial charge < -0.3 is 9.64 Å². The predicted molar refractivity (Wildman–Crippen MR) is 58.8 cm³/mol. The lowest BCUT2D eigenvalue weighted by atomic mass is 10.2. The fourth-order valence-corrected chi connectivity index (χ4v) is 1.58. The van der Waals surface area contributed by atoms with E-state index in [1.807, 2.05) is 4.90 Å². The summed E-state index contributed by atoms with van der Waals surface area (Å²) in [7, 11) is 0. The molecule has 5 heteroatoms.